The van der Waals surface area contributed by atoms with Crippen molar-refractivity contribution >= 4 is 46.2 Å². The predicted molar refractivity (Wildman–Crippen MR) is 215 cm³/mol. The number of furan rings is 1. The van der Waals surface area contributed by atoms with E-state index in [9.17, 15) is 5.11 Å². The molecule has 51 heavy (non-hydrogen) atoms. The smallest absolute Gasteiger partial charge is 0.149 e. The fraction of sp³-hybridized carbons (Fsp3) is 0.200. The average molecular weight is 686 g/mol. The van der Waals surface area contributed by atoms with Crippen LogP contribution in [0.15, 0.2) is 114 Å². The van der Waals surface area contributed by atoms with Crippen LogP contribution in [0.3, 0.4) is 0 Å². The summed E-state index contributed by atoms with van der Waals surface area (Å²) in [5, 5.41) is 14.9. The lowest BCUT2D eigenvalue weighted by atomic mass is 9.86. The topological polar surface area (TPSA) is 64.1 Å². The van der Waals surface area contributed by atoms with Crippen molar-refractivity contribution < 1.29 is 9.52 Å². The highest BCUT2D eigenvalue weighted by Crippen LogP contribution is 2.44. The molecule has 0 saturated carbocycles. The Bertz CT molecular complexity index is 2610. The maximum Gasteiger partial charge on any atom is 0.149 e. The van der Waals surface area contributed by atoms with Gasteiger partial charge in [-0.05, 0) is 83.6 Å². The van der Waals surface area contributed by atoms with Gasteiger partial charge in [-0.15, -0.1) is 0 Å². The first-order valence-electron chi connectivity index (χ1n) is 17.6. The average Bonchev–Trinajstić information content (AvgIpc) is 3.66. The second-order valence-corrected chi connectivity index (χ2v) is 20.9. The van der Waals surface area contributed by atoms with E-state index in [2.05, 4.69) is 144 Å². The van der Waals surface area contributed by atoms with Gasteiger partial charge in [-0.25, -0.2) is 4.98 Å². The standard InChI is InChI=1S/C45H43N3O2Si/c1-27-13-11-14-28(2)42(27)48-38-17-12-16-33(41(38)47-44(48)36-25-30(45(3,4)5)19-22-39(36)49)35-24-29(37-21-20-31(26-46-37)51(6,7)8)23-34-32-15-9-10-18-40(32)50-43(34)35/h9-26,49H,1-8H3. The normalized spacial score (nSPS) is 12.4. The number of fused-ring (bicyclic) bond motifs is 4. The number of aryl methyl sites for hydroxylation is 2. The summed E-state index contributed by atoms with van der Waals surface area (Å²) in [5.74, 6) is 0.890. The van der Waals surface area contributed by atoms with Crippen molar-refractivity contribution in [2.45, 2.75) is 59.7 Å². The van der Waals surface area contributed by atoms with E-state index in [1.54, 1.807) is 6.07 Å². The van der Waals surface area contributed by atoms with Gasteiger partial charge in [0.1, 0.15) is 22.7 Å². The minimum Gasteiger partial charge on any atom is -0.507 e. The Morgan fingerprint density at radius 1 is 0.725 bits per heavy atom. The summed E-state index contributed by atoms with van der Waals surface area (Å²) in [5.41, 5.74) is 12.3. The third-order valence-corrected chi connectivity index (χ3v) is 12.2. The Kier molecular flexibility index (Phi) is 7.58. The minimum absolute atomic E-state index is 0.113. The number of para-hydroxylation sites is 3. The fourth-order valence-corrected chi connectivity index (χ4v) is 8.28. The van der Waals surface area contributed by atoms with Gasteiger partial charge in [-0.1, -0.05) is 101 Å². The molecule has 3 heterocycles. The number of pyridine rings is 1. The first kappa shape index (κ1) is 32.7. The first-order valence-corrected chi connectivity index (χ1v) is 21.1. The Balaban J connectivity index is 1.46. The second kappa shape index (κ2) is 11.8. The van der Waals surface area contributed by atoms with Crippen molar-refractivity contribution in [1.29, 1.82) is 0 Å². The zero-order valence-corrected chi connectivity index (χ0v) is 31.6. The summed E-state index contributed by atoms with van der Waals surface area (Å²) < 4.78 is 8.89. The molecule has 0 fully saturated rings. The van der Waals surface area contributed by atoms with Crippen molar-refractivity contribution in [3.05, 3.63) is 126 Å². The lowest BCUT2D eigenvalue weighted by molar-refractivity contribution is 0.475. The van der Waals surface area contributed by atoms with Crippen LogP contribution in [0.5, 0.6) is 5.75 Å². The Labute approximate surface area is 300 Å². The Morgan fingerprint density at radius 2 is 1.47 bits per heavy atom. The summed E-state index contributed by atoms with van der Waals surface area (Å²) in [6.45, 7) is 17.9. The summed E-state index contributed by atoms with van der Waals surface area (Å²) in [6.07, 6.45) is 2.05. The van der Waals surface area contributed by atoms with Crippen LogP contribution >= 0.6 is 0 Å². The molecule has 0 saturated heterocycles. The summed E-state index contributed by atoms with van der Waals surface area (Å²) >= 11 is 0. The van der Waals surface area contributed by atoms with E-state index in [0.29, 0.717) is 11.4 Å². The number of nitrogens with zero attached hydrogens (tertiary/aromatic N) is 3. The van der Waals surface area contributed by atoms with E-state index in [0.717, 1.165) is 77.7 Å². The maximum atomic E-state index is 11.5. The van der Waals surface area contributed by atoms with Crippen molar-refractivity contribution in [2.75, 3.05) is 0 Å². The van der Waals surface area contributed by atoms with Crippen LogP contribution in [0.4, 0.5) is 0 Å². The number of hydrogen-bond donors (Lipinski definition) is 1. The Morgan fingerprint density at radius 3 is 2.18 bits per heavy atom. The molecule has 0 aliphatic rings. The molecule has 0 atom stereocenters. The Hall–Kier alpha value is -5.46. The molecule has 6 heteroatoms. The molecule has 0 aliphatic heterocycles. The molecule has 0 aliphatic carbocycles. The lowest BCUT2D eigenvalue weighted by Gasteiger charge is -2.21. The molecule has 0 spiro atoms. The van der Waals surface area contributed by atoms with Gasteiger partial charge in [0.05, 0.1) is 36.1 Å². The van der Waals surface area contributed by atoms with Gasteiger partial charge in [-0.3, -0.25) is 9.55 Å². The highest BCUT2D eigenvalue weighted by molar-refractivity contribution is 6.88. The van der Waals surface area contributed by atoms with Gasteiger partial charge in [0, 0.05) is 33.7 Å². The minimum atomic E-state index is -1.51. The molecule has 0 bridgehead atoms. The van der Waals surface area contributed by atoms with Crippen LogP contribution in [-0.4, -0.2) is 27.7 Å². The molecular formula is C45H43N3O2Si. The number of hydrogen-bond acceptors (Lipinski definition) is 4. The molecule has 5 aromatic carbocycles. The number of benzene rings is 5. The molecule has 0 unspecified atom stereocenters. The molecule has 254 valence electrons. The van der Waals surface area contributed by atoms with Gasteiger partial charge >= 0.3 is 0 Å². The second-order valence-electron chi connectivity index (χ2n) is 15.8. The first-order chi connectivity index (χ1) is 24.3. The SMILES string of the molecule is Cc1cccc(C)c1-n1c(-c2cc(C(C)(C)C)ccc2O)nc2c(-c3cc(-c4ccc([Si](C)(C)C)cn4)cc4c3oc3ccccc34)cccc21. The molecule has 3 aromatic heterocycles. The number of phenols is 1. The molecule has 1 N–H and O–H groups in total. The van der Waals surface area contributed by atoms with Crippen molar-refractivity contribution in [3.8, 4) is 45.2 Å². The lowest BCUT2D eigenvalue weighted by Crippen LogP contribution is -2.37. The third-order valence-electron chi connectivity index (χ3n) is 10.1. The number of aromatic hydroxyl groups is 1. The van der Waals surface area contributed by atoms with Gasteiger partial charge < -0.3 is 9.52 Å². The number of rotatable bonds is 5. The zero-order chi connectivity index (χ0) is 35.8. The predicted octanol–water partition coefficient (Wildman–Crippen LogP) is 11.5. The van der Waals surface area contributed by atoms with E-state index >= 15 is 0 Å². The highest BCUT2D eigenvalue weighted by atomic mass is 28.3. The van der Waals surface area contributed by atoms with Gasteiger partial charge in [0.25, 0.3) is 0 Å². The summed E-state index contributed by atoms with van der Waals surface area (Å²) in [6, 6.07) is 35.6. The largest absolute Gasteiger partial charge is 0.507 e. The quantitative estimate of drug-likeness (QED) is 0.183. The van der Waals surface area contributed by atoms with Crippen LogP contribution in [0.2, 0.25) is 19.6 Å². The molecule has 0 amide bonds. The number of phenolic OH excluding ortho intramolecular Hbond substituents is 1. The molecule has 8 rings (SSSR count). The van der Waals surface area contributed by atoms with Crippen LogP contribution in [0, 0.1) is 13.8 Å². The van der Waals surface area contributed by atoms with Crippen molar-refractivity contribution in [1.82, 2.24) is 14.5 Å². The molecule has 5 nitrogen and oxygen atoms in total. The van der Waals surface area contributed by atoms with Gasteiger partial charge in [-0.2, -0.15) is 0 Å². The third kappa shape index (κ3) is 5.55. The fourth-order valence-electron chi connectivity index (χ4n) is 7.25. The number of imidazole rings is 1. The molecular weight excluding hydrogens is 643 g/mol. The number of aromatic nitrogens is 3. The zero-order valence-electron chi connectivity index (χ0n) is 30.6. The van der Waals surface area contributed by atoms with Crippen molar-refractivity contribution in [3.63, 3.8) is 0 Å². The van der Waals surface area contributed by atoms with E-state index in [-0.39, 0.29) is 11.2 Å². The summed E-state index contributed by atoms with van der Waals surface area (Å²) in [4.78, 5) is 10.4. The van der Waals surface area contributed by atoms with Crippen LogP contribution < -0.4 is 5.19 Å². The van der Waals surface area contributed by atoms with Gasteiger partial charge in [0.2, 0.25) is 0 Å². The van der Waals surface area contributed by atoms with E-state index < -0.39 is 8.07 Å². The van der Waals surface area contributed by atoms with E-state index in [1.165, 1.54) is 5.19 Å². The maximum absolute atomic E-state index is 11.5. The monoisotopic (exact) mass is 685 g/mol. The van der Waals surface area contributed by atoms with Crippen LogP contribution in [0.1, 0.15) is 37.5 Å². The van der Waals surface area contributed by atoms with Crippen LogP contribution in [0.25, 0.3) is 72.4 Å². The van der Waals surface area contributed by atoms with E-state index in [4.69, 9.17) is 14.4 Å². The van der Waals surface area contributed by atoms with Crippen molar-refractivity contribution in [2.24, 2.45) is 0 Å². The molecule has 0 radical (unpaired) electrons. The molecule has 8 aromatic rings. The highest BCUT2D eigenvalue weighted by Gasteiger charge is 2.25. The summed E-state index contributed by atoms with van der Waals surface area (Å²) in [7, 11) is -1.51. The van der Waals surface area contributed by atoms with E-state index in [1.807, 2.05) is 18.2 Å². The van der Waals surface area contributed by atoms with Crippen LogP contribution in [-0.2, 0) is 5.41 Å². The van der Waals surface area contributed by atoms with Gasteiger partial charge in [0.15, 0.2) is 0 Å².